The van der Waals surface area contributed by atoms with Crippen LogP contribution in [0.5, 0.6) is 5.75 Å². The topological polar surface area (TPSA) is 80.1 Å². The van der Waals surface area contributed by atoms with E-state index in [0.717, 1.165) is 59.5 Å². The maximum absolute atomic E-state index is 6.19. The predicted octanol–water partition coefficient (Wildman–Crippen LogP) is 3.68. The van der Waals surface area contributed by atoms with E-state index < -0.39 is 0 Å². The Morgan fingerprint density at radius 2 is 2.00 bits per heavy atom. The summed E-state index contributed by atoms with van der Waals surface area (Å²) in [6.45, 7) is 3.18. The van der Waals surface area contributed by atoms with E-state index in [9.17, 15) is 0 Å². The molecule has 0 atom stereocenters. The van der Waals surface area contributed by atoms with E-state index >= 15 is 0 Å². The molecule has 4 aromatic rings. The quantitative estimate of drug-likeness (QED) is 0.548. The van der Waals surface area contributed by atoms with Gasteiger partial charge in [-0.1, -0.05) is 36.4 Å². The number of nitrogens with one attached hydrogen (secondary N) is 1. The largest absolute Gasteiger partial charge is 0.488 e. The molecule has 29 heavy (non-hydrogen) atoms. The highest BCUT2D eigenvalue weighted by Crippen LogP contribution is 2.31. The number of anilines is 1. The third-order valence-electron chi connectivity index (χ3n) is 5.41. The van der Waals surface area contributed by atoms with Gasteiger partial charge >= 0.3 is 0 Å². The van der Waals surface area contributed by atoms with Crippen LogP contribution in [0.15, 0.2) is 60.9 Å². The summed E-state index contributed by atoms with van der Waals surface area (Å²) in [5.41, 5.74) is 11.4. The number of rotatable bonds is 5. The van der Waals surface area contributed by atoms with E-state index in [1.807, 2.05) is 36.5 Å². The van der Waals surface area contributed by atoms with Crippen LogP contribution in [0.2, 0.25) is 0 Å². The molecule has 0 bridgehead atoms. The molecule has 0 spiro atoms. The zero-order chi connectivity index (χ0) is 19.6. The first kappa shape index (κ1) is 17.7. The van der Waals surface area contributed by atoms with E-state index in [2.05, 4.69) is 44.2 Å². The number of ether oxygens (including phenoxy) is 1. The Hall–Kier alpha value is -3.38. The average Bonchev–Trinajstić information content (AvgIpc) is 3.16. The number of benzene rings is 2. The highest BCUT2D eigenvalue weighted by molar-refractivity contribution is 5.89. The normalized spacial score (nSPS) is 14.1. The lowest BCUT2D eigenvalue weighted by molar-refractivity contribution is 0.243. The lowest BCUT2D eigenvalue weighted by Gasteiger charge is -2.27. The molecule has 6 heteroatoms. The second kappa shape index (κ2) is 7.56. The van der Waals surface area contributed by atoms with E-state index in [-0.39, 0.29) is 0 Å². The van der Waals surface area contributed by atoms with Crippen LogP contribution in [0.1, 0.15) is 22.4 Å². The summed E-state index contributed by atoms with van der Waals surface area (Å²) < 4.78 is 6.19. The molecular formula is C23H23N5O. The molecule has 1 aliphatic rings. The van der Waals surface area contributed by atoms with Crippen LogP contribution in [0.3, 0.4) is 0 Å². The Morgan fingerprint density at radius 1 is 1.10 bits per heavy atom. The number of aromatic amines is 1. The van der Waals surface area contributed by atoms with Gasteiger partial charge in [-0.05, 0) is 23.3 Å². The Morgan fingerprint density at radius 3 is 2.90 bits per heavy atom. The van der Waals surface area contributed by atoms with Crippen LogP contribution in [0.25, 0.3) is 10.9 Å². The Bertz CT molecular complexity index is 1140. The third kappa shape index (κ3) is 3.67. The molecule has 0 radical (unpaired) electrons. The Labute approximate surface area is 169 Å². The summed E-state index contributed by atoms with van der Waals surface area (Å²) in [4.78, 5) is 14.3. The molecule has 3 heterocycles. The van der Waals surface area contributed by atoms with E-state index in [4.69, 9.17) is 10.5 Å². The van der Waals surface area contributed by atoms with Crippen molar-refractivity contribution < 1.29 is 4.74 Å². The van der Waals surface area contributed by atoms with Crippen molar-refractivity contribution in [1.82, 2.24) is 19.9 Å². The van der Waals surface area contributed by atoms with Crippen LogP contribution in [-0.4, -0.2) is 26.4 Å². The maximum atomic E-state index is 6.19. The summed E-state index contributed by atoms with van der Waals surface area (Å²) in [5.74, 6) is 1.27. The average molecular weight is 385 g/mol. The minimum atomic E-state index is 0.356. The van der Waals surface area contributed by atoms with Crippen LogP contribution in [0, 0.1) is 0 Å². The first-order chi connectivity index (χ1) is 14.3. The molecule has 2 aromatic carbocycles. The zero-order valence-electron chi connectivity index (χ0n) is 16.1. The van der Waals surface area contributed by atoms with Gasteiger partial charge in [0.1, 0.15) is 12.4 Å². The molecular weight excluding hydrogens is 362 g/mol. The maximum Gasteiger partial charge on any atom is 0.220 e. The third-order valence-corrected chi connectivity index (χ3v) is 5.41. The van der Waals surface area contributed by atoms with Crippen molar-refractivity contribution in [2.75, 3.05) is 12.3 Å². The van der Waals surface area contributed by atoms with Crippen molar-refractivity contribution in [2.24, 2.45) is 0 Å². The van der Waals surface area contributed by atoms with Crippen molar-refractivity contribution >= 4 is 16.9 Å². The van der Waals surface area contributed by atoms with Crippen molar-refractivity contribution in [1.29, 1.82) is 0 Å². The minimum Gasteiger partial charge on any atom is -0.488 e. The van der Waals surface area contributed by atoms with Crippen LogP contribution in [-0.2, 0) is 26.1 Å². The van der Waals surface area contributed by atoms with Crippen molar-refractivity contribution in [3.05, 3.63) is 83.3 Å². The number of nitrogen functional groups attached to an aromatic ring is 1. The number of nitrogens with zero attached hydrogens (tertiary/aromatic N) is 3. The van der Waals surface area contributed by atoms with Crippen molar-refractivity contribution in [3.63, 3.8) is 0 Å². The fourth-order valence-corrected chi connectivity index (χ4v) is 3.97. The van der Waals surface area contributed by atoms with Gasteiger partial charge in [0.25, 0.3) is 0 Å². The smallest absolute Gasteiger partial charge is 0.220 e. The molecule has 6 nitrogen and oxygen atoms in total. The van der Waals surface area contributed by atoms with Gasteiger partial charge in [-0.25, -0.2) is 9.97 Å². The molecule has 0 fully saturated rings. The molecule has 0 unspecified atom stereocenters. The molecule has 2 aromatic heterocycles. The van der Waals surface area contributed by atoms with Gasteiger partial charge in [-0.2, -0.15) is 0 Å². The minimum absolute atomic E-state index is 0.356. The number of hydrogen-bond acceptors (Lipinski definition) is 5. The number of aromatic nitrogens is 3. The van der Waals surface area contributed by atoms with E-state index in [1.165, 1.54) is 5.56 Å². The standard InChI is InChI=1S/C23H23N5O/c24-23-26-11-17-13-28(10-9-19(17)27-23)14-18-12-25-20-7-4-8-21(22(18)20)29-15-16-5-2-1-3-6-16/h1-8,11-12,25H,9-10,13-15H2,(H2,24,26,27). The molecule has 146 valence electrons. The molecule has 5 rings (SSSR count). The van der Waals surface area contributed by atoms with Gasteiger partial charge < -0.3 is 15.5 Å². The zero-order valence-corrected chi connectivity index (χ0v) is 16.1. The molecule has 0 aliphatic carbocycles. The first-order valence-corrected chi connectivity index (χ1v) is 9.84. The summed E-state index contributed by atoms with van der Waals surface area (Å²) in [5, 5.41) is 1.16. The van der Waals surface area contributed by atoms with Crippen LogP contribution < -0.4 is 10.5 Å². The van der Waals surface area contributed by atoms with Gasteiger partial charge in [0.15, 0.2) is 0 Å². The summed E-state index contributed by atoms with van der Waals surface area (Å²) >= 11 is 0. The molecule has 1 aliphatic heterocycles. The number of H-pyrrole nitrogens is 1. The predicted molar refractivity (Wildman–Crippen MR) is 113 cm³/mol. The second-order valence-corrected chi connectivity index (χ2v) is 7.43. The SMILES string of the molecule is Nc1ncc2c(n1)CCN(Cc1c[nH]c3cccc(OCc4ccccc4)c13)C2. The fraction of sp³-hybridized carbons (Fsp3) is 0.217. The van der Waals surface area contributed by atoms with E-state index in [0.29, 0.717) is 12.6 Å². The Kier molecular flexibility index (Phi) is 4.62. The first-order valence-electron chi connectivity index (χ1n) is 9.84. The van der Waals surface area contributed by atoms with Crippen molar-refractivity contribution in [2.45, 2.75) is 26.1 Å². The van der Waals surface area contributed by atoms with Gasteiger partial charge in [0.2, 0.25) is 5.95 Å². The molecule has 0 saturated carbocycles. The van der Waals surface area contributed by atoms with Crippen molar-refractivity contribution in [3.8, 4) is 5.75 Å². The summed E-state index contributed by atoms with van der Waals surface area (Å²) in [6.07, 6.45) is 4.84. The van der Waals surface area contributed by atoms with Gasteiger partial charge in [0.05, 0.1) is 5.69 Å². The van der Waals surface area contributed by atoms with E-state index in [1.54, 1.807) is 0 Å². The Balaban J connectivity index is 1.37. The molecule has 0 amide bonds. The van der Waals surface area contributed by atoms with Gasteiger partial charge in [-0.3, -0.25) is 4.90 Å². The summed E-state index contributed by atoms with van der Waals surface area (Å²) in [7, 11) is 0. The second-order valence-electron chi connectivity index (χ2n) is 7.43. The molecule has 0 saturated heterocycles. The number of fused-ring (bicyclic) bond motifs is 2. The fourth-order valence-electron chi connectivity index (χ4n) is 3.97. The summed E-state index contributed by atoms with van der Waals surface area (Å²) in [6, 6.07) is 16.4. The van der Waals surface area contributed by atoms with Gasteiger partial charge in [0, 0.05) is 54.9 Å². The highest BCUT2D eigenvalue weighted by atomic mass is 16.5. The lowest BCUT2D eigenvalue weighted by atomic mass is 10.1. The number of hydrogen-bond donors (Lipinski definition) is 2. The lowest BCUT2D eigenvalue weighted by Crippen LogP contribution is -2.31. The van der Waals surface area contributed by atoms with Crippen LogP contribution >= 0.6 is 0 Å². The number of nitrogens with two attached hydrogens (primary N) is 1. The monoisotopic (exact) mass is 385 g/mol. The van der Waals surface area contributed by atoms with Gasteiger partial charge in [-0.15, -0.1) is 0 Å². The highest BCUT2D eigenvalue weighted by Gasteiger charge is 2.20. The van der Waals surface area contributed by atoms with Crippen LogP contribution in [0.4, 0.5) is 5.95 Å². The molecule has 3 N–H and O–H groups in total.